The van der Waals surface area contributed by atoms with Gasteiger partial charge in [-0.05, 0) is 29.7 Å². The molecule has 3 rings (SSSR count). The van der Waals surface area contributed by atoms with Crippen LogP contribution in [0.5, 0.6) is 0 Å². The van der Waals surface area contributed by atoms with Gasteiger partial charge in [0, 0.05) is 37.7 Å². The first-order chi connectivity index (χ1) is 14.8. The van der Waals surface area contributed by atoms with Gasteiger partial charge in [0.15, 0.2) is 5.96 Å². The third kappa shape index (κ3) is 6.95. The summed E-state index contributed by atoms with van der Waals surface area (Å²) in [4.78, 5) is 14.7. The number of hydrogen-bond acceptors (Lipinski definition) is 4. The molecule has 1 saturated heterocycles. The second-order valence-corrected chi connectivity index (χ2v) is 7.25. The SMILES string of the molecule is O=[N+]([O-])c1ccc(CNC(=NCc2cccc(C(F)(F)F)c2)NCC2CCOC2)cc1. The van der Waals surface area contributed by atoms with E-state index in [0.29, 0.717) is 43.7 Å². The van der Waals surface area contributed by atoms with Crippen LogP contribution in [0.4, 0.5) is 18.9 Å². The number of guanidine groups is 1. The van der Waals surface area contributed by atoms with Crippen molar-refractivity contribution in [2.24, 2.45) is 10.9 Å². The van der Waals surface area contributed by atoms with Crippen LogP contribution in [0.3, 0.4) is 0 Å². The van der Waals surface area contributed by atoms with Crippen molar-refractivity contribution in [3.05, 3.63) is 75.3 Å². The molecule has 0 aromatic heterocycles. The molecule has 1 aliphatic heterocycles. The largest absolute Gasteiger partial charge is 0.416 e. The second-order valence-electron chi connectivity index (χ2n) is 7.25. The summed E-state index contributed by atoms with van der Waals surface area (Å²) in [5, 5.41) is 17.1. The molecule has 1 aliphatic rings. The van der Waals surface area contributed by atoms with Gasteiger partial charge in [0.05, 0.1) is 23.6 Å². The van der Waals surface area contributed by atoms with Gasteiger partial charge >= 0.3 is 6.18 Å². The first-order valence-corrected chi connectivity index (χ1v) is 9.80. The highest BCUT2D eigenvalue weighted by Gasteiger charge is 2.30. The summed E-state index contributed by atoms with van der Waals surface area (Å²) >= 11 is 0. The van der Waals surface area contributed by atoms with Crippen LogP contribution >= 0.6 is 0 Å². The van der Waals surface area contributed by atoms with Crippen LogP contribution in [0.1, 0.15) is 23.1 Å². The summed E-state index contributed by atoms with van der Waals surface area (Å²) in [5.41, 5.74) is 0.539. The molecule has 1 heterocycles. The van der Waals surface area contributed by atoms with Gasteiger partial charge in [-0.25, -0.2) is 4.99 Å². The van der Waals surface area contributed by atoms with Crippen molar-refractivity contribution in [1.82, 2.24) is 10.6 Å². The van der Waals surface area contributed by atoms with Crippen molar-refractivity contribution in [3.63, 3.8) is 0 Å². The fraction of sp³-hybridized carbons (Fsp3) is 0.381. The summed E-state index contributed by atoms with van der Waals surface area (Å²) in [5.74, 6) is 0.780. The molecule has 7 nitrogen and oxygen atoms in total. The van der Waals surface area contributed by atoms with Gasteiger partial charge in [-0.2, -0.15) is 13.2 Å². The Labute approximate surface area is 177 Å². The molecule has 1 atom stereocenters. The van der Waals surface area contributed by atoms with Crippen molar-refractivity contribution < 1.29 is 22.8 Å². The highest BCUT2D eigenvalue weighted by atomic mass is 19.4. The molecule has 2 N–H and O–H groups in total. The van der Waals surface area contributed by atoms with E-state index in [1.54, 1.807) is 18.2 Å². The quantitative estimate of drug-likeness (QED) is 0.298. The van der Waals surface area contributed by atoms with Crippen molar-refractivity contribution in [2.75, 3.05) is 19.8 Å². The molecule has 1 unspecified atom stereocenters. The Morgan fingerprint density at radius 3 is 2.58 bits per heavy atom. The molecule has 10 heteroatoms. The Morgan fingerprint density at radius 2 is 1.94 bits per heavy atom. The van der Waals surface area contributed by atoms with Crippen LogP contribution in [-0.2, 0) is 24.0 Å². The Hall–Kier alpha value is -3.14. The van der Waals surface area contributed by atoms with Crippen molar-refractivity contribution in [3.8, 4) is 0 Å². The minimum Gasteiger partial charge on any atom is -0.381 e. The zero-order chi connectivity index (χ0) is 22.3. The topological polar surface area (TPSA) is 88.8 Å². The van der Waals surface area contributed by atoms with Gasteiger partial charge in [0.2, 0.25) is 0 Å². The normalized spacial score (nSPS) is 16.9. The highest BCUT2D eigenvalue weighted by Crippen LogP contribution is 2.29. The van der Waals surface area contributed by atoms with E-state index in [4.69, 9.17) is 4.74 Å². The van der Waals surface area contributed by atoms with E-state index in [1.807, 2.05) is 0 Å². The van der Waals surface area contributed by atoms with Gasteiger partial charge < -0.3 is 15.4 Å². The third-order valence-corrected chi connectivity index (χ3v) is 4.86. The molecule has 0 bridgehead atoms. The maximum atomic E-state index is 12.9. The minimum absolute atomic E-state index is 0.00143. The fourth-order valence-electron chi connectivity index (χ4n) is 3.10. The van der Waals surface area contributed by atoms with Crippen LogP contribution in [0.15, 0.2) is 53.5 Å². The number of alkyl halides is 3. The summed E-state index contributed by atoms with van der Waals surface area (Å²) in [6.45, 7) is 2.40. The first kappa shape index (κ1) is 22.5. The molecule has 31 heavy (non-hydrogen) atoms. The molecule has 0 aliphatic carbocycles. The standard InChI is InChI=1S/C21H23F3N4O3/c22-21(23,24)18-3-1-2-16(10-18)12-26-20(27-13-17-8-9-31-14-17)25-11-15-4-6-19(7-5-15)28(29)30/h1-7,10,17H,8-9,11-14H2,(H2,25,26,27). The minimum atomic E-state index is -4.41. The van der Waals surface area contributed by atoms with E-state index >= 15 is 0 Å². The number of nitro groups is 1. The number of nitrogens with zero attached hydrogens (tertiary/aromatic N) is 2. The molecular weight excluding hydrogens is 413 g/mol. The summed E-state index contributed by atoms with van der Waals surface area (Å²) < 4.78 is 44.2. The monoisotopic (exact) mass is 436 g/mol. The molecule has 2 aromatic rings. The first-order valence-electron chi connectivity index (χ1n) is 9.80. The molecule has 166 valence electrons. The summed E-state index contributed by atoms with van der Waals surface area (Å²) in [6.07, 6.45) is -3.48. The molecule has 0 amide bonds. The van der Waals surface area contributed by atoms with E-state index in [-0.39, 0.29) is 12.2 Å². The summed E-state index contributed by atoms with van der Waals surface area (Å²) in [6, 6.07) is 11.2. The molecule has 0 saturated carbocycles. The molecule has 2 aromatic carbocycles. The average Bonchev–Trinajstić information content (AvgIpc) is 3.27. The lowest BCUT2D eigenvalue weighted by Crippen LogP contribution is -2.39. The van der Waals surface area contributed by atoms with Crippen LogP contribution < -0.4 is 10.6 Å². The molecule has 0 spiro atoms. The van der Waals surface area contributed by atoms with E-state index in [1.165, 1.54) is 18.2 Å². The van der Waals surface area contributed by atoms with E-state index in [2.05, 4.69) is 15.6 Å². The number of benzene rings is 2. The maximum absolute atomic E-state index is 12.9. The smallest absolute Gasteiger partial charge is 0.381 e. The van der Waals surface area contributed by atoms with Crippen molar-refractivity contribution in [1.29, 1.82) is 0 Å². The van der Waals surface area contributed by atoms with E-state index in [0.717, 1.165) is 24.1 Å². The lowest BCUT2D eigenvalue weighted by molar-refractivity contribution is -0.384. The Morgan fingerprint density at radius 1 is 1.16 bits per heavy atom. The lowest BCUT2D eigenvalue weighted by atomic mass is 10.1. The number of halogens is 3. The van der Waals surface area contributed by atoms with Crippen LogP contribution in [-0.4, -0.2) is 30.6 Å². The van der Waals surface area contributed by atoms with E-state index in [9.17, 15) is 23.3 Å². The number of rotatable bonds is 7. The Kier molecular flexibility index (Phi) is 7.45. The van der Waals surface area contributed by atoms with Crippen molar-refractivity contribution >= 4 is 11.6 Å². The highest BCUT2D eigenvalue weighted by molar-refractivity contribution is 5.79. The number of nitrogens with one attached hydrogen (secondary N) is 2. The number of non-ortho nitro benzene ring substituents is 1. The lowest BCUT2D eigenvalue weighted by Gasteiger charge is -2.15. The predicted octanol–water partition coefficient (Wildman–Crippen LogP) is 3.89. The number of nitro benzene ring substituents is 1. The third-order valence-electron chi connectivity index (χ3n) is 4.86. The zero-order valence-electron chi connectivity index (χ0n) is 16.7. The summed E-state index contributed by atoms with van der Waals surface area (Å²) in [7, 11) is 0. The Bertz CT molecular complexity index is 911. The number of hydrogen-bond donors (Lipinski definition) is 2. The van der Waals surface area contributed by atoms with E-state index < -0.39 is 16.7 Å². The molecular formula is C21H23F3N4O3. The van der Waals surface area contributed by atoms with Gasteiger partial charge in [0.1, 0.15) is 0 Å². The molecule has 1 fully saturated rings. The van der Waals surface area contributed by atoms with Gasteiger partial charge in [-0.3, -0.25) is 10.1 Å². The average molecular weight is 436 g/mol. The predicted molar refractivity (Wildman–Crippen MR) is 109 cm³/mol. The van der Waals surface area contributed by atoms with Crippen LogP contribution in [0.25, 0.3) is 0 Å². The number of ether oxygens (including phenoxy) is 1. The van der Waals surface area contributed by atoms with Gasteiger partial charge in [-0.15, -0.1) is 0 Å². The van der Waals surface area contributed by atoms with Crippen LogP contribution in [0, 0.1) is 16.0 Å². The number of aliphatic imine (C=N–C) groups is 1. The molecule has 0 radical (unpaired) electrons. The van der Waals surface area contributed by atoms with Gasteiger partial charge in [-0.1, -0.05) is 24.3 Å². The Balaban J connectivity index is 1.66. The van der Waals surface area contributed by atoms with Crippen molar-refractivity contribution in [2.45, 2.75) is 25.7 Å². The second kappa shape index (κ2) is 10.3. The van der Waals surface area contributed by atoms with Crippen LogP contribution in [0.2, 0.25) is 0 Å². The van der Waals surface area contributed by atoms with Gasteiger partial charge in [0.25, 0.3) is 5.69 Å². The fourth-order valence-corrected chi connectivity index (χ4v) is 3.10. The maximum Gasteiger partial charge on any atom is 0.416 e. The zero-order valence-corrected chi connectivity index (χ0v) is 16.7.